The number of rotatable bonds is 4. The first-order chi connectivity index (χ1) is 9.61. The van der Waals surface area contributed by atoms with Gasteiger partial charge in [0.05, 0.1) is 6.10 Å². The van der Waals surface area contributed by atoms with E-state index in [1.807, 2.05) is 0 Å². The first kappa shape index (κ1) is 14.5. The van der Waals surface area contributed by atoms with Crippen LogP contribution in [0.4, 0.5) is 0 Å². The van der Waals surface area contributed by atoms with Gasteiger partial charge in [-0.15, -0.1) is 0 Å². The molecule has 108 valence electrons. The van der Waals surface area contributed by atoms with Crippen molar-refractivity contribution in [2.45, 2.75) is 6.10 Å². The van der Waals surface area contributed by atoms with Crippen LogP contribution in [0.15, 0.2) is 24.3 Å². The average Bonchev–Trinajstić information content (AvgIpc) is 2.89. The Morgan fingerprint density at radius 2 is 2.00 bits per heavy atom. The Hall–Kier alpha value is -1.92. The molecule has 0 saturated carbocycles. The minimum atomic E-state index is -0.424. The van der Waals surface area contributed by atoms with E-state index in [0.717, 1.165) is 0 Å². The summed E-state index contributed by atoms with van der Waals surface area (Å²) in [5.74, 6) is -0.439. The molecule has 2 atom stereocenters. The van der Waals surface area contributed by atoms with Gasteiger partial charge in [0.2, 0.25) is 0 Å². The predicted octanol–water partition coefficient (Wildman–Crippen LogP) is -0.644. The minimum absolute atomic E-state index is 0.0288. The van der Waals surface area contributed by atoms with E-state index in [4.69, 9.17) is 0 Å². The Bertz CT molecular complexity index is 504. The largest absolute Gasteiger partial charge is 0.391 e. The molecule has 2 amide bonds. The molecule has 6 heteroatoms. The van der Waals surface area contributed by atoms with Gasteiger partial charge in [-0.1, -0.05) is 6.07 Å². The lowest BCUT2D eigenvalue weighted by atomic mass is 10.1. The highest BCUT2D eigenvalue weighted by atomic mass is 16.3. The van der Waals surface area contributed by atoms with Crippen molar-refractivity contribution >= 4 is 11.8 Å². The highest BCUT2D eigenvalue weighted by molar-refractivity contribution is 5.99. The van der Waals surface area contributed by atoms with Gasteiger partial charge in [0.25, 0.3) is 11.8 Å². The number of hydrogen-bond donors (Lipinski definition) is 4. The zero-order valence-electron chi connectivity index (χ0n) is 11.3. The zero-order valence-corrected chi connectivity index (χ0v) is 11.3. The van der Waals surface area contributed by atoms with Crippen LogP contribution in [-0.2, 0) is 0 Å². The summed E-state index contributed by atoms with van der Waals surface area (Å²) in [6.45, 7) is 1.67. The lowest BCUT2D eigenvalue weighted by molar-refractivity contribution is 0.0927. The fourth-order valence-electron chi connectivity index (χ4n) is 2.20. The average molecular weight is 277 g/mol. The van der Waals surface area contributed by atoms with Gasteiger partial charge in [-0.25, -0.2) is 0 Å². The molecule has 0 bridgehead atoms. The van der Waals surface area contributed by atoms with Gasteiger partial charge < -0.3 is 21.1 Å². The second-order valence-electron chi connectivity index (χ2n) is 4.86. The number of carbonyl (C=O) groups excluding carboxylic acids is 2. The van der Waals surface area contributed by atoms with Crippen LogP contribution >= 0.6 is 0 Å². The van der Waals surface area contributed by atoms with E-state index in [1.165, 1.54) is 0 Å². The molecule has 0 aliphatic carbocycles. The quantitative estimate of drug-likeness (QED) is 0.589. The molecule has 1 aliphatic heterocycles. The van der Waals surface area contributed by atoms with Crippen molar-refractivity contribution in [1.29, 1.82) is 0 Å². The number of β-amino-alcohol motifs (C(OH)–C–C–N with tert-alkyl or cyclic N) is 1. The molecule has 1 aliphatic rings. The molecule has 0 spiro atoms. The Balaban J connectivity index is 1.96. The molecule has 1 aromatic rings. The molecular formula is C14H19N3O3. The first-order valence-electron chi connectivity index (χ1n) is 6.61. The molecule has 4 N–H and O–H groups in total. The Morgan fingerprint density at radius 3 is 2.60 bits per heavy atom. The number of aliphatic hydroxyl groups excluding tert-OH is 1. The maximum atomic E-state index is 12.0. The summed E-state index contributed by atoms with van der Waals surface area (Å²) >= 11 is 0. The van der Waals surface area contributed by atoms with Crippen LogP contribution in [0.25, 0.3) is 0 Å². The van der Waals surface area contributed by atoms with Gasteiger partial charge in [-0.3, -0.25) is 9.59 Å². The van der Waals surface area contributed by atoms with Crippen LogP contribution in [0.5, 0.6) is 0 Å². The van der Waals surface area contributed by atoms with Crippen molar-refractivity contribution < 1.29 is 14.7 Å². The maximum Gasteiger partial charge on any atom is 0.251 e. The third-order valence-electron chi connectivity index (χ3n) is 3.44. The Kier molecular flexibility index (Phi) is 4.70. The summed E-state index contributed by atoms with van der Waals surface area (Å²) < 4.78 is 0. The number of benzene rings is 1. The number of hydrogen-bond acceptors (Lipinski definition) is 4. The van der Waals surface area contributed by atoms with Gasteiger partial charge in [-0.05, 0) is 18.2 Å². The summed E-state index contributed by atoms with van der Waals surface area (Å²) in [6, 6.07) is 6.54. The Labute approximate surface area is 117 Å². The molecule has 20 heavy (non-hydrogen) atoms. The van der Waals surface area contributed by atoms with E-state index in [-0.39, 0.29) is 17.7 Å². The molecule has 1 fully saturated rings. The first-order valence-corrected chi connectivity index (χ1v) is 6.61. The molecule has 0 aromatic heterocycles. The SMILES string of the molecule is CNC(=O)c1cccc(C(=O)NCC2CNCC2O)c1. The molecule has 6 nitrogen and oxygen atoms in total. The molecular weight excluding hydrogens is 258 g/mol. The van der Waals surface area contributed by atoms with E-state index >= 15 is 0 Å². The second kappa shape index (κ2) is 6.49. The predicted molar refractivity (Wildman–Crippen MR) is 74.5 cm³/mol. The number of carbonyl (C=O) groups is 2. The van der Waals surface area contributed by atoms with Crippen LogP contribution in [0, 0.1) is 5.92 Å². The van der Waals surface area contributed by atoms with Gasteiger partial charge >= 0.3 is 0 Å². The van der Waals surface area contributed by atoms with Crippen LogP contribution in [0.1, 0.15) is 20.7 Å². The van der Waals surface area contributed by atoms with Crippen LogP contribution in [0.2, 0.25) is 0 Å². The fourth-order valence-corrected chi connectivity index (χ4v) is 2.20. The van der Waals surface area contributed by atoms with Crippen LogP contribution in [0.3, 0.4) is 0 Å². The normalized spacial score (nSPS) is 21.5. The van der Waals surface area contributed by atoms with Crippen molar-refractivity contribution in [2.75, 3.05) is 26.7 Å². The smallest absolute Gasteiger partial charge is 0.251 e. The maximum absolute atomic E-state index is 12.0. The van der Waals surface area contributed by atoms with Crippen molar-refractivity contribution in [3.05, 3.63) is 35.4 Å². The fraction of sp³-hybridized carbons (Fsp3) is 0.429. The van der Waals surface area contributed by atoms with Crippen molar-refractivity contribution in [3.63, 3.8) is 0 Å². The molecule has 1 aromatic carbocycles. The van der Waals surface area contributed by atoms with E-state index in [1.54, 1.807) is 31.3 Å². The monoisotopic (exact) mass is 277 g/mol. The van der Waals surface area contributed by atoms with Gasteiger partial charge in [0.15, 0.2) is 0 Å². The lowest BCUT2D eigenvalue weighted by Crippen LogP contribution is -2.34. The minimum Gasteiger partial charge on any atom is -0.391 e. The molecule has 2 rings (SSSR count). The summed E-state index contributed by atoms with van der Waals surface area (Å²) in [6.07, 6.45) is -0.424. The van der Waals surface area contributed by atoms with Gasteiger partial charge in [0, 0.05) is 43.7 Å². The molecule has 0 radical (unpaired) electrons. The number of amides is 2. The topological polar surface area (TPSA) is 90.5 Å². The highest BCUT2D eigenvalue weighted by Gasteiger charge is 2.25. The van der Waals surface area contributed by atoms with Crippen molar-refractivity contribution in [2.24, 2.45) is 5.92 Å². The second-order valence-corrected chi connectivity index (χ2v) is 4.86. The van der Waals surface area contributed by atoms with E-state index in [0.29, 0.717) is 30.8 Å². The van der Waals surface area contributed by atoms with E-state index in [2.05, 4.69) is 16.0 Å². The van der Waals surface area contributed by atoms with Crippen molar-refractivity contribution in [1.82, 2.24) is 16.0 Å². The van der Waals surface area contributed by atoms with Gasteiger partial charge in [-0.2, -0.15) is 0 Å². The zero-order chi connectivity index (χ0) is 14.5. The molecule has 2 unspecified atom stereocenters. The van der Waals surface area contributed by atoms with E-state index < -0.39 is 6.10 Å². The van der Waals surface area contributed by atoms with E-state index in [9.17, 15) is 14.7 Å². The van der Waals surface area contributed by atoms with Crippen molar-refractivity contribution in [3.8, 4) is 0 Å². The number of aliphatic hydroxyl groups is 1. The third-order valence-corrected chi connectivity index (χ3v) is 3.44. The molecule has 1 saturated heterocycles. The van der Waals surface area contributed by atoms with Crippen LogP contribution < -0.4 is 16.0 Å². The standard InChI is InChI=1S/C14H19N3O3/c1-15-13(19)9-3-2-4-10(5-9)14(20)17-7-11-6-16-8-12(11)18/h2-5,11-12,16,18H,6-8H2,1H3,(H,15,19)(H,17,20). The summed E-state index contributed by atoms with van der Waals surface area (Å²) in [5.41, 5.74) is 0.884. The third kappa shape index (κ3) is 3.34. The summed E-state index contributed by atoms with van der Waals surface area (Å²) in [7, 11) is 1.55. The molecule has 1 heterocycles. The number of nitrogens with one attached hydrogen (secondary N) is 3. The Morgan fingerprint density at radius 1 is 1.30 bits per heavy atom. The summed E-state index contributed by atoms with van der Waals surface area (Å²) in [5, 5.41) is 18.0. The summed E-state index contributed by atoms with van der Waals surface area (Å²) in [4.78, 5) is 23.5. The van der Waals surface area contributed by atoms with Gasteiger partial charge in [0.1, 0.15) is 0 Å². The highest BCUT2D eigenvalue weighted by Crippen LogP contribution is 2.09. The van der Waals surface area contributed by atoms with Crippen LogP contribution in [-0.4, -0.2) is 49.7 Å². The lowest BCUT2D eigenvalue weighted by Gasteiger charge is -2.14.